The molecule has 0 aliphatic rings. The number of carbonyl (C=O) groups is 1. The molecule has 0 amide bonds. The maximum atomic E-state index is 11.9. The van der Waals surface area contributed by atoms with Gasteiger partial charge in [-0.15, -0.1) is 0 Å². The number of carboxylic acid groups (broad SMARTS) is 1. The summed E-state index contributed by atoms with van der Waals surface area (Å²) in [4.78, 5) is 21.7. The Morgan fingerprint density at radius 2 is 2.31 bits per heavy atom. The van der Waals surface area contributed by atoms with Gasteiger partial charge in [-0.3, -0.25) is 4.79 Å². The Morgan fingerprint density at radius 1 is 1.62 bits per heavy atom. The Labute approximate surface area is 73.2 Å². The quantitative estimate of drug-likeness (QED) is 0.746. The first-order chi connectivity index (χ1) is 6.16. The van der Waals surface area contributed by atoms with Crippen LogP contribution in [0.1, 0.15) is 10.4 Å². The molecule has 1 aromatic rings. The monoisotopic (exact) mass is 185 g/mol. The van der Waals surface area contributed by atoms with Crippen molar-refractivity contribution >= 4 is 5.97 Å². The van der Waals surface area contributed by atoms with E-state index in [1.165, 1.54) is 18.3 Å². The van der Waals surface area contributed by atoms with Crippen molar-refractivity contribution in [2.45, 2.75) is 6.54 Å². The summed E-state index contributed by atoms with van der Waals surface area (Å²) < 4.78 is 12.9. The summed E-state index contributed by atoms with van der Waals surface area (Å²) in [6, 6.07) is 2.60. The Bertz CT molecular complexity index is 372. The normalized spacial score (nSPS) is 9.92. The number of aromatic carboxylic acids is 1. The minimum atomic E-state index is -1.29. The van der Waals surface area contributed by atoms with Crippen molar-refractivity contribution in [1.82, 2.24) is 4.57 Å². The molecule has 4 nitrogen and oxygen atoms in total. The number of alkyl halides is 1. The van der Waals surface area contributed by atoms with Crippen molar-refractivity contribution in [2.75, 3.05) is 6.67 Å². The van der Waals surface area contributed by atoms with Crippen molar-refractivity contribution in [2.24, 2.45) is 0 Å². The summed E-state index contributed by atoms with van der Waals surface area (Å²) in [6.07, 6.45) is 1.36. The molecule has 0 aromatic carbocycles. The van der Waals surface area contributed by atoms with E-state index in [0.29, 0.717) is 0 Å². The Hall–Kier alpha value is -1.65. The molecular formula is C8H8FNO3. The highest BCUT2D eigenvalue weighted by atomic mass is 19.1. The van der Waals surface area contributed by atoms with Crippen molar-refractivity contribution in [1.29, 1.82) is 0 Å². The van der Waals surface area contributed by atoms with Crippen molar-refractivity contribution in [3.8, 4) is 0 Å². The van der Waals surface area contributed by atoms with Crippen LogP contribution in [0.5, 0.6) is 0 Å². The largest absolute Gasteiger partial charge is 0.477 e. The molecule has 0 unspecified atom stereocenters. The van der Waals surface area contributed by atoms with Crippen molar-refractivity contribution in [3.05, 3.63) is 34.2 Å². The van der Waals surface area contributed by atoms with Crippen LogP contribution in [0.2, 0.25) is 0 Å². The topological polar surface area (TPSA) is 59.3 Å². The highest BCUT2D eigenvalue weighted by Gasteiger charge is 2.09. The predicted octanol–water partition coefficient (Wildman–Crippen LogP) is 0.516. The van der Waals surface area contributed by atoms with E-state index in [4.69, 9.17) is 5.11 Å². The summed E-state index contributed by atoms with van der Waals surface area (Å²) in [7, 11) is 0. The van der Waals surface area contributed by atoms with Gasteiger partial charge in [-0.1, -0.05) is 0 Å². The van der Waals surface area contributed by atoms with Crippen molar-refractivity contribution < 1.29 is 14.3 Å². The van der Waals surface area contributed by atoms with Gasteiger partial charge in [-0.25, -0.2) is 9.18 Å². The summed E-state index contributed by atoms with van der Waals surface area (Å²) in [5.74, 6) is -1.29. The SMILES string of the molecule is O=C(O)c1cccn(CCF)c1=O. The summed E-state index contributed by atoms with van der Waals surface area (Å²) >= 11 is 0. The molecule has 1 rings (SSSR count). The first kappa shape index (κ1) is 9.44. The van der Waals surface area contributed by atoms with Crippen LogP contribution >= 0.6 is 0 Å². The molecule has 0 fully saturated rings. The first-order valence-electron chi connectivity index (χ1n) is 3.65. The number of aromatic nitrogens is 1. The summed E-state index contributed by atoms with van der Waals surface area (Å²) in [6.45, 7) is -0.803. The second-order valence-corrected chi connectivity index (χ2v) is 2.41. The van der Waals surface area contributed by atoms with Gasteiger partial charge in [0.25, 0.3) is 5.56 Å². The molecule has 0 aliphatic carbocycles. The first-order valence-corrected chi connectivity index (χ1v) is 3.65. The molecule has 0 atom stereocenters. The molecule has 0 bridgehead atoms. The number of hydrogen-bond donors (Lipinski definition) is 1. The van der Waals surface area contributed by atoms with Gasteiger partial charge in [-0.2, -0.15) is 0 Å². The molecule has 70 valence electrons. The lowest BCUT2D eigenvalue weighted by atomic mass is 10.3. The zero-order chi connectivity index (χ0) is 9.84. The van der Waals surface area contributed by atoms with E-state index in [2.05, 4.69) is 0 Å². The van der Waals surface area contributed by atoms with Crippen LogP contribution in [0.3, 0.4) is 0 Å². The van der Waals surface area contributed by atoms with Crippen LogP contribution in [-0.2, 0) is 6.54 Å². The average Bonchev–Trinajstić information content (AvgIpc) is 2.08. The molecule has 5 heteroatoms. The Balaban J connectivity index is 3.19. The van der Waals surface area contributed by atoms with E-state index < -0.39 is 18.2 Å². The van der Waals surface area contributed by atoms with E-state index in [0.717, 1.165) is 4.57 Å². The molecule has 0 saturated carbocycles. The number of carboxylic acids is 1. The number of rotatable bonds is 3. The van der Waals surface area contributed by atoms with Crippen LogP contribution in [-0.4, -0.2) is 22.3 Å². The Morgan fingerprint density at radius 3 is 2.85 bits per heavy atom. The van der Waals surface area contributed by atoms with Gasteiger partial charge < -0.3 is 9.67 Å². The van der Waals surface area contributed by atoms with Crippen LogP contribution in [0, 0.1) is 0 Å². The molecule has 1 heterocycles. The predicted molar refractivity (Wildman–Crippen MR) is 43.6 cm³/mol. The second kappa shape index (κ2) is 3.84. The zero-order valence-corrected chi connectivity index (χ0v) is 6.74. The van der Waals surface area contributed by atoms with Crippen LogP contribution in [0.25, 0.3) is 0 Å². The maximum Gasteiger partial charge on any atom is 0.341 e. The lowest BCUT2D eigenvalue weighted by Crippen LogP contribution is -2.26. The van der Waals surface area contributed by atoms with Gasteiger partial charge in [0.2, 0.25) is 0 Å². The third-order valence-corrected chi connectivity index (χ3v) is 1.58. The van der Waals surface area contributed by atoms with Crippen LogP contribution < -0.4 is 5.56 Å². The highest BCUT2D eigenvalue weighted by Crippen LogP contribution is 1.91. The number of pyridine rings is 1. The number of aryl methyl sites for hydroxylation is 1. The van der Waals surface area contributed by atoms with Crippen LogP contribution in [0.15, 0.2) is 23.1 Å². The van der Waals surface area contributed by atoms with E-state index >= 15 is 0 Å². The molecule has 13 heavy (non-hydrogen) atoms. The minimum Gasteiger partial charge on any atom is -0.477 e. The highest BCUT2D eigenvalue weighted by molar-refractivity contribution is 5.86. The van der Waals surface area contributed by atoms with Gasteiger partial charge in [0.1, 0.15) is 12.2 Å². The smallest absolute Gasteiger partial charge is 0.341 e. The number of nitrogens with zero attached hydrogens (tertiary/aromatic N) is 1. The van der Waals surface area contributed by atoms with Crippen LogP contribution in [0.4, 0.5) is 4.39 Å². The van der Waals surface area contributed by atoms with E-state index in [1.54, 1.807) is 0 Å². The molecule has 1 aromatic heterocycles. The molecule has 0 aliphatic heterocycles. The lowest BCUT2D eigenvalue weighted by Gasteiger charge is -2.02. The third kappa shape index (κ3) is 1.93. The van der Waals surface area contributed by atoms with E-state index in [9.17, 15) is 14.0 Å². The molecule has 0 saturated heterocycles. The maximum absolute atomic E-state index is 11.9. The minimum absolute atomic E-state index is 0.111. The number of hydrogen-bond acceptors (Lipinski definition) is 2. The average molecular weight is 185 g/mol. The standard InChI is InChI=1S/C8H8FNO3/c9-3-5-10-4-1-2-6(7(10)11)8(12)13/h1-2,4H,3,5H2,(H,12,13). The molecular weight excluding hydrogens is 177 g/mol. The van der Waals surface area contributed by atoms with Gasteiger partial charge in [0.05, 0.1) is 6.54 Å². The van der Waals surface area contributed by atoms with Gasteiger partial charge in [0, 0.05) is 6.20 Å². The van der Waals surface area contributed by atoms with E-state index in [-0.39, 0.29) is 12.1 Å². The van der Waals surface area contributed by atoms with Gasteiger partial charge in [-0.05, 0) is 12.1 Å². The number of halogens is 1. The second-order valence-electron chi connectivity index (χ2n) is 2.41. The summed E-state index contributed by atoms with van der Waals surface area (Å²) in [5.41, 5.74) is -1.01. The molecule has 0 radical (unpaired) electrons. The zero-order valence-electron chi connectivity index (χ0n) is 6.74. The van der Waals surface area contributed by atoms with E-state index in [1.807, 2.05) is 0 Å². The lowest BCUT2D eigenvalue weighted by molar-refractivity contribution is 0.0694. The van der Waals surface area contributed by atoms with Gasteiger partial charge >= 0.3 is 5.97 Å². The summed E-state index contributed by atoms with van der Waals surface area (Å²) in [5, 5.41) is 8.55. The fourth-order valence-electron chi connectivity index (χ4n) is 0.967. The van der Waals surface area contributed by atoms with Gasteiger partial charge in [0.15, 0.2) is 0 Å². The fraction of sp³-hybridized carbons (Fsp3) is 0.250. The Kier molecular flexibility index (Phi) is 2.79. The van der Waals surface area contributed by atoms with Crippen molar-refractivity contribution in [3.63, 3.8) is 0 Å². The fourth-order valence-corrected chi connectivity index (χ4v) is 0.967. The third-order valence-electron chi connectivity index (χ3n) is 1.58. The molecule has 0 spiro atoms. The molecule has 1 N–H and O–H groups in total.